The van der Waals surface area contributed by atoms with E-state index in [1.807, 2.05) is 0 Å². The van der Waals surface area contributed by atoms with Gasteiger partial charge in [0.05, 0.1) is 6.04 Å². The number of nitrogens with one attached hydrogen (secondary N) is 1. The second kappa shape index (κ2) is 5.45. The molecule has 2 aliphatic rings. The quantitative estimate of drug-likeness (QED) is 0.864. The van der Waals surface area contributed by atoms with Crippen LogP contribution >= 0.6 is 0 Å². The minimum Gasteiger partial charge on any atom is -0.377 e. The van der Waals surface area contributed by atoms with Gasteiger partial charge in [-0.2, -0.15) is 0 Å². The third-order valence-electron chi connectivity index (χ3n) is 3.79. The van der Waals surface area contributed by atoms with Crippen LogP contribution in [0.5, 0.6) is 0 Å². The maximum Gasteiger partial charge on any atom is 0.0548 e. The summed E-state index contributed by atoms with van der Waals surface area (Å²) in [5, 5.41) is 3.66. The largest absolute Gasteiger partial charge is 0.377 e. The molecule has 0 spiro atoms. The van der Waals surface area contributed by atoms with Crippen molar-refractivity contribution in [2.75, 3.05) is 11.9 Å². The van der Waals surface area contributed by atoms with E-state index < -0.39 is 0 Å². The molecule has 2 nitrogen and oxygen atoms in total. The Kier molecular flexibility index (Phi) is 3.51. The number of allylic oxidation sites excluding steroid dienone is 3. The van der Waals surface area contributed by atoms with Crippen LogP contribution in [0, 0.1) is 0 Å². The Morgan fingerprint density at radius 1 is 1.26 bits per heavy atom. The van der Waals surface area contributed by atoms with Crippen LogP contribution in [0.2, 0.25) is 0 Å². The number of benzene rings is 1. The van der Waals surface area contributed by atoms with Crippen LogP contribution in [0.15, 0.2) is 54.1 Å². The van der Waals surface area contributed by atoms with Gasteiger partial charge >= 0.3 is 0 Å². The lowest BCUT2D eigenvalue weighted by atomic mass is 9.95. The van der Waals surface area contributed by atoms with Gasteiger partial charge in [-0.15, -0.1) is 0 Å². The number of hydrogen-bond donors (Lipinski definition) is 2. The predicted octanol–water partition coefficient (Wildman–Crippen LogP) is 3.49. The highest BCUT2D eigenvalue weighted by atomic mass is 14.9. The predicted molar refractivity (Wildman–Crippen MR) is 82.0 cm³/mol. The molecule has 19 heavy (non-hydrogen) atoms. The van der Waals surface area contributed by atoms with Gasteiger partial charge in [-0.3, -0.25) is 0 Å². The molecule has 3 rings (SSSR count). The molecule has 0 saturated heterocycles. The highest BCUT2D eigenvalue weighted by Gasteiger charge is 2.20. The van der Waals surface area contributed by atoms with Crippen molar-refractivity contribution in [3.05, 3.63) is 59.7 Å². The van der Waals surface area contributed by atoms with Crippen molar-refractivity contribution in [1.82, 2.24) is 0 Å². The number of anilines is 1. The molecular formula is C17H20N2. The fourth-order valence-electron chi connectivity index (χ4n) is 2.79. The summed E-state index contributed by atoms with van der Waals surface area (Å²) in [6.07, 6.45) is 12.1. The Labute approximate surface area is 114 Å². The van der Waals surface area contributed by atoms with Crippen LogP contribution in [-0.2, 0) is 0 Å². The van der Waals surface area contributed by atoms with Gasteiger partial charge in [-0.05, 0) is 43.0 Å². The maximum atomic E-state index is 5.67. The first-order chi connectivity index (χ1) is 9.38. The Morgan fingerprint density at radius 3 is 3.05 bits per heavy atom. The van der Waals surface area contributed by atoms with Crippen LogP contribution in [0.4, 0.5) is 5.69 Å². The average Bonchev–Trinajstić information content (AvgIpc) is 2.61. The molecule has 1 aromatic carbocycles. The summed E-state index contributed by atoms with van der Waals surface area (Å²) in [7, 11) is 0. The molecule has 1 unspecified atom stereocenters. The summed E-state index contributed by atoms with van der Waals surface area (Å²) < 4.78 is 0. The van der Waals surface area contributed by atoms with Gasteiger partial charge in [0.2, 0.25) is 0 Å². The maximum absolute atomic E-state index is 5.67. The van der Waals surface area contributed by atoms with Crippen molar-refractivity contribution in [1.29, 1.82) is 0 Å². The summed E-state index contributed by atoms with van der Waals surface area (Å²) in [4.78, 5) is 0. The molecular weight excluding hydrogens is 232 g/mol. The normalized spacial score (nSPS) is 20.6. The second-order valence-corrected chi connectivity index (χ2v) is 5.13. The molecule has 2 heteroatoms. The van der Waals surface area contributed by atoms with Gasteiger partial charge in [0.1, 0.15) is 0 Å². The van der Waals surface area contributed by atoms with E-state index in [-0.39, 0.29) is 0 Å². The molecule has 1 aliphatic heterocycles. The first-order valence-corrected chi connectivity index (χ1v) is 7.02. The highest BCUT2D eigenvalue weighted by molar-refractivity contribution is 5.80. The van der Waals surface area contributed by atoms with E-state index in [1.54, 1.807) is 0 Å². The minimum atomic E-state index is 0.404. The van der Waals surface area contributed by atoms with E-state index in [0.29, 0.717) is 6.04 Å². The minimum absolute atomic E-state index is 0.404. The van der Waals surface area contributed by atoms with E-state index in [0.717, 1.165) is 25.8 Å². The van der Waals surface area contributed by atoms with Crippen LogP contribution in [0.25, 0.3) is 5.57 Å². The summed E-state index contributed by atoms with van der Waals surface area (Å²) in [5.41, 5.74) is 11.0. The van der Waals surface area contributed by atoms with Gasteiger partial charge in [0.15, 0.2) is 0 Å². The van der Waals surface area contributed by atoms with Crippen LogP contribution in [-0.4, -0.2) is 12.6 Å². The smallest absolute Gasteiger partial charge is 0.0548 e. The molecule has 0 fully saturated rings. The van der Waals surface area contributed by atoms with Crippen molar-refractivity contribution in [2.45, 2.75) is 25.3 Å². The van der Waals surface area contributed by atoms with Crippen LogP contribution in [0.1, 0.15) is 24.8 Å². The molecule has 0 aromatic heterocycles. The first-order valence-electron chi connectivity index (χ1n) is 7.02. The van der Waals surface area contributed by atoms with E-state index in [4.69, 9.17) is 5.73 Å². The summed E-state index contributed by atoms with van der Waals surface area (Å²) >= 11 is 0. The SMILES string of the molecule is NCCCC1=CC2=CC=CCC2Nc2ccccc21. The number of para-hydroxylation sites is 1. The Balaban J connectivity index is 2.03. The molecule has 1 aliphatic carbocycles. The average molecular weight is 252 g/mol. The lowest BCUT2D eigenvalue weighted by Gasteiger charge is -2.20. The number of rotatable bonds is 3. The van der Waals surface area contributed by atoms with E-state index in [2.05, 4.69) is 53.9 Å². The molecule has 0 bridgehead atoms. The fraction of sp³-hybridized carbons (Fsp3) is 0.294. The van der Waals surface area contributed by atoms with Gasteiger partial charge in [-0.25, -0.2) is 0 Å². The molecule has 3 N–H and O–H groups in total. The highest BCUT2D eigenvalue weighted by Crippen LogP contribution is 2.34. The Morgan fingerprint density at radius 2 is 2.16 bits per heavy atom. The molecule has 98 valence electrons. The molecule has 1 aromatic rings. The van der Waals surface area contributed by atoms with Gasteiger partial charge in [0.25, 0.3) is 0 Å². The zero-order valence-corrected chi connectivity index (χ0v) is 11.1. The zero-order chi connectivity index (χ0) is 13.1. The fourth-order valence-corrected chi connectivity index (χ4v) is 2.79. The number of hydrogen-bond acceptors (Lipinski definition) is 2. The topological polar surface area (TPSA) is 38.0 Å². The number of fused-ring (bicyclic) bond motifs is 2. The monoisotopic (exact) mass is 252 g/mol. The molecule has 0 saturated carbocycles. The van der Waals surface area contributed by atoms with Gasteiger partial charge in [0, 0.05) is 11.3 Å². The van der Waals surface area contributed by atoms with Crippen molar-refractivity contribution in [2.24, 2.45) is 5.73 Å². The van der Waals surface area contributed by atoms with Crippen LogP contribution in [0.3, 0.4) is 0 Å². The van der Waals surface area contributed by atoms with E-state index >= 15 is 0 Å². The molecule has 0 radical (unpaired) electrons. The van der Waals surface area contributed by atoms with E-state index in [1.165, 1.54) is 22.4 Å². The second-order valence-electron chi connectivity index (χ2n) is 5.13. The van der Waals surface area contributed by atoms with Crippen molar-refractivity contribution < 1.29 is 0 Å². The summed E-state index contributed by atoms with van der Waals surface area (Å²) in [6, 6.07) is 8.99. The third-order valence-corrected chi connectivity index (χ3v) is 3.79. The molecule has 1 atom stereocenters. The van der Waals surface area contributed by atoms with Crippen LogP contribution < -0.4 is 11.1 Å². The standard InChI is InChI=1S/C17H20N2/c18-11-5-7-13-12-14-6-1-3-9-16(14)19-17-10-4-2-8-15(13)17/h1-4,6,8,10,12,16,19H,5,7,9,11,18H2. The zero-order valence-electron chi connectivity index (χ0n) is 11.1. The Hall–Kier alpha value is -1.80. The summed E-state index contributed by atoms with van der Waals surface area (Å²) in [6.45, 7) is 0.745. The van der Waals surface area contributed by atoms with Crippen molar-refractivity contribution in [3.63, 3.8) is 0 Å². The van der Waals surface area contributed by atoms with Gasteiger partial charge in [-0.1, -0.05) is 42.5 Å². The lowest BCUT2D eigenvalue weighted by Crippen LogP contribution is -2.21. The molecule has 1 heterocycles. The third kappa shape index (κ3) is 2.49. The lowest BCUT2D eigenvalue weighted by molar-refractivity contribution is 0.849. The Bertz CT molecular complexity index is 552. The molecule has 0 amide bonds. The van der Waals surface area contributed by atoms with Crippen molar-refractivity contribution in [3.8, 4) is 0 Å². The van der Waals surface area contributed by atoms with Gasteiger partial charge < -0.3 is 11.1 Å². The van der Waals surface area contributed by atoms with E-state index in [9.17, 15) is 0 Å². The first kappa shape index (κ1) is 12.2. The summed E-state index contributed by atoms with van der Waals surface area (Å²) in [5.74, 6) is 0. The number of nitrogens with two attached hydrogens (primary N) is 1. The van der Waals surface area contributed by atoms with Crippen molar-refractivity contribution >= 4 is 11.3 Å².